The van der Waals surface area contributed by atoms with Crippen LogP contribution in [-0.2, 0) is 20.9 Å². The minimum absolute atomic E-state index is 0.0136. The van der Waals surface area contributed by atoms with E-state index >= 15 is 0 Å². The Morgan fingerprint density at radius 2 is 1.90 bits per heavy atom. The summed E-state index contributed by atoms with van der Waals surface area (Å²) in [6.07, 6.45) is 2.15. The van der Waals surface area contributed by atoms with Crippen molar-refractivity contribution in [3.8, 4) is 5.88 Å². The third-order valence-electron chi connectivity index (χ3n) is 4.25. The third kappa shape index (κ3) is 7.14. The van der Waals surface area contributed by atoms with Crippen molar-refractivity contribution in [1.29, 1.82) is 0 Å². The first-order valence-electron chi connectivity index (χ1n) is 9.18. The molecule has 0 bridgehead atoms. The van der Waals surface area contributed by atoms with E-state index in [9.17, 15) is 9.59 Å². The molecule has 0 saturated heterocycles. The number of ether oxygens (including phenoxy) is 3. The van der Waals surface area contributed by atoms with Gasteiger partial charge in [0, 0.05) is 18.1 Å². The van der Waals surface area contributed by atoms with Gasteiger partial charge in [-0.25, -0.2) is 4.98 Å². The van der Waals surface area contributed by atoms with Crippen LogP contribution in [0.2, 0.25) is 0 Å². The Kier molecular flexibility index (Phi) is 9.08. The lowest BCUT2D eigenvalue weighted by atomic mass is 10.0. The molecule has 0 fully saturated rings. The minimum Gasteiger partial charge on any atom is -0.472 e. The second-order valence-electron chi connectivity index (χ2n) is 6.52. The number of halogens is 1. The predicted molar refractivity (Wildman–Crippen MR) is 112 cm³/mol. The molecule has 2 rings (SSSR count). The maximum absolute atomic E-state index is 12.0. The van der Waals surface area contributed by atoms with Gasteiger partial charge in [0.15, 0.2) is 0 Å². The van der Waals surface area contributed by atoms with Gasteiger partial charge in [-0.1, -0.05) is 47.1 Å². The molecule has 2 atom stereocenters. The standard InChI is InChI=1S/C21H25BrN2O5/c1-14(21(26)28-11-10-27-2)12-18(22)16-7-5-15(6-8-16)13-29-20-17(19(23)25)4-3-9-24-20/h3-9,14,18H,10-13H2,1-2H3,(H2,23,25). The van der Waals surface area contributed by atoms with Crippen LogP contribution < -0.4 is 10.5 Å². The molecule has 7 nitrogen and oxygen atoms in total. The van der Waals surface area contributed by atoms with Crippen molar-refractivity contribution >= 4 is 27.8 Å². The lowest BCUT2D eigenvalue weighted by molar-refractivity contribution is -0.149. The smallest absolute Gasteiger partial charge is 0.308 e. The Bertz CT molecular complexity index is 813. The second-order valence-corrected chi connectivity index (χ2v) is 7.62. The van der Waals surface area contributed by atoms with Crippen molar-refractivity contribution in [3.05, 3.63) is 59.3 Å². The number of carbonyl (C=O) groups excluding carboxylic acids is 2. The first-order chi connectivity index (χ1) is 13.9. The van der Waals surface area contributed by atoms with Gasteiger partial charge >= 0.3 is 5.97 Å². The van der Waals surface area contributed by atoms with Crippen molar-refractivity contribution < 1.29 is 23.8 Å². The zero-order valence-electron chi connectivity index (χ0n) is 16.5. The van der Waals surface area contributed by atoms with Gasteiger partial charge in [0.25, 0.3) is 5.91 Å². The summed E-state index contributed by atoms with van der Waals surface area (Å²) in [7, 11) is 1.56. The molecule has 0 aliphatic heterocycles. The highest BCUT2D eigenvalue weighted by molar-refractivity contribution is 9.09. The van der Waals surface area contributed by atoms with Crippen LogP contribution in [0.1, 0.15) is 39.7 Å². The van der Waals surface area contributed by atoms with Gasteiger partial charge in [0.2, 0.25) is 5.88 Å². The highest BCUT2D eigenvalue weighted by atomic mass is 79.9. The number of hydrogen-bond donors (Lipinski definition) is 1. The topological polar surface area (TPSA) is 101 Å². The molecular formula is C21H25BrN2O5. The Labute approximate surface area is 178 Å². The van der Waals surface area contributed by atoms with Crippen LogP contribution >= 0.6 is 15.9 Å². The fourth-order valence-corrected chi connectivity index (χ4v) is 3.44. The largest absolute Gasteiger partial charge is 0.472 e. The molecule has 0 spiro atoms. The van der Waals surface area contributed by atoms with E-state index in [1.807, 2.05) is 31.2 Å². The highest BCUT2D eigenvalue weighted by Crippen LogP contribution is 2.30. The number of rotatable bonds is 11. The van der Waals surface area contributed by atoms with Gasteiger partial charge in [-0.3, -0.25) is 9.59 Å². The molecule has 0 radical (unpaired) electrons. The number of carbonyl (C=O) groups is 2. The van der Waals surface area contributed by atoms with Gasteiger partial charge in [-0.05, 0) is 29.7 Å². The molecule has 8 heteroatoms. The predicted octanol–water partition coefficient (Wildman–Crippen LogP) is 3.41. The van der Waals surface area contributed by atoms with Gasteiger partial charge in [0.05, 0.1) is 12.5 Å². The Hall–Kier alpha value is -2.45. The molecule has 2 aromatic rings. The molecule has 2 unspecified atom stereocenters. The van der Waals surface area contributed by atoms with E-state index in [1.54, 1.807) is 25.4 Å². The number of alkyl halides is 1. The summed E-state index contributed by atoms with van der Waals surface area (Å²) in [6.45, 7) is 2.75. The van der Waals surface area contributed by atoms with Crippen molar-refractivity contribution in [2.75, 3.05) is 20.3 Å². The maximum atomic E-state index is 12.0. The molecule has 1 aromatic carbocycles. The number of primary amides is 1. The first-order valence-corrected chi connectivity index (χ1v) is 10.1. The number of amides is 1. The van der Waals surface area contributed by atoms with Crippen LogP contribution in [0.3, 0.4) is 0 Å². The van der Waals surface area contributed by atoms with Crippen molar-refractivity contribution in [3.63, 3.8) is 0 Å². The van der Waals surface area contributed by atoms with Crippen LogP contribution in [-0.4, -0.2) is 37.2 Å². The fraction of sp³-hybridized carbons (Fsp3) is 0.381. The average molecular weight is 465 g/mol. The second kappa shape index (κ2) is 11.5. The number of aromatic nitrogens is 1. The van der Waals surface area contributed by atoms with E-state index in [4.69, 9.17) is 19.9 Å². The van der Waals surface area contributed by atoms with Crippen LogP contribution in [0.15, 0.2) is 42.6 Å². The van der Waals surface area contributed by atoms with E-state index in [2.05, 4.69) is 20.9 Å². The number of methoxy groups -OCH3 is 1. The van der Waals surface area contributed by atoms with Gasteiger partial charge in [0.1, 0.15) is 18.8 Å². The fourth-order valence-electron chi connectivity index (χ4n) is 2.58. The Morgan fingerprint density at radius 1 is 1.17 bits per heavy atom. The summed E-state index contributed by atoms with van der Waals surface area (Å²) < 4.78 is 15.7. The van der Waals surface area contributed by atoms with Crippen LogP contribution in [0.25, 0.3) is 0 Å². The van der Waals surface area contributed by atoms with E-state index in [0.717, 1.165) is 11.1 Å². The quantitative estimate of drug-likeness (QED) is 0.310. The first kappa shape index (κ1) is 22.8. The zero-order chi connectivity index (χ0) is 21.2. The number of nitrogens with zero attached hydrogens (tertiary/aromatic N) is 1. The summed E-state index contributed by atoms with van der Waals surface area (Å²) in [5.74, 6) is -0.851. The number of esters is 1. The molecule has 0 saturated carbocycles. The molecule has 0 aliphatic carbocycles. The lowest BCUT2D eigenvalue weighted by Gasteiger charge is -2.16. The number of hydrogen-bond acceptors (Lipinski definition) is 6. The SMILES string of the molecule is COCCOC(=O)C(C)CC(Br)c1ccc(COc2ncccc2C(N)=O)cc1. The summed E-state index contributed by atoms with van der Waals surface area (Å²) in [4.78, 5) is 27.5. The van der Waals surface area contributed by atoms with E-state index in [-0.39, 0.29) is 41.4 Å². The van der Waals surface area contributed by atoms with Gasteiger partial charge < -0.3 is 19.9 Å². The summed E-state index contributed by atoms with van der Waals surface area (Å²) >= 11 is 3.64. The summed E-state index contributed by atoms with van der Waals surface area (Å²) in [5.41, 5.74) is 7.54. The van der Waals surface area contributed by atoms with Crippen molar-refractivity contribution in [1.82, 2.24) is 4.98 Å². The molecule has 156 valence electrons. The maximum Gasteiger partial charge on any atom is 0.308 e. The van der Waals surface area contributed by atoms with E-state index in [1.165, 1.54) is 0 Å². The highest BCUT2D eigenvalue weighted by Gasteiger charge is 2.20. The minimum atomic E-state index is -0.583. The van der Waals surface area contributed by atoms with Crippen LogP contribution in [0, 0.1) is 5.92 Å². The van der Waals surface area contributed by atoms with Crippen molar-refractivity contribution in [2.45, 2.75) is 24.8 Å². The number of benzene rings is 1. The molecule has 1 heterocycles. The molecule has 29 heavy (non-hydrogen) atoms. The molecule has 0 aliphatic rings. The van der Waals surface area contributed by atoms with Crippen LogP contribution in [0.5, 0.6) is 5.88 Å². The van der Waals surface area contributed by atoms with E-state index < -0.39 is 5.91 Å². The van der Waals surface area contributed by atoms with Crippen molar-refractivity contribution in [2.24, 2.45) is 11.7 Å². The summed E-state index contributed by atoms with van der Waals surface area (Å²) in [5, 5.41) is 0. The zero-order valence-corrected chi connectivity index (χ0v) is 18.1. The normalized spacial score (nSPS) is 12.8. The summed E-state index contributed by atoms with van der Waals surface area (Å²) in [6, 6.07) is 11.0. The molecule has 1 aromatic heterocycles. The third-order valence-corrected chi connectivity index (χ3v) is 5.15. The molecule has 2 N–H and O–H groups in total. The lowest BCUT2D eigenvalue weighted by Crippen LogP contribution is -2.18. The van der Waals surface area contributed by atoms with E-state index in [0.29, 0.717) is 13.0 Å². The average Bonchev–Trinajstić information content (AvgIpc) is 2.72. The van der Waals surface area contributed by atoms with Gasteiger partial charge in [-0.2, -0.15) is 0 Å². The monoisotopic (exact) mass is 464 g/mol. The Morgan fingerprint density at radius 3 is 2.55 bits per heavy atom. The Balaban J connectivity index is 1.89. The number of pyridine rings is 1. The molecule has 1 amide bonds. The number of nitrogens with two attached hydrogens (primary N) is 1. The van der Waals surface area contributed by atoms with Crippen LogP contribution in [0.4, 0.5) is 0 Å². The molecular weight excluding hydrogens is 440 g/mol. The van der Waals surface area contributed by atoms with Gasteiger partial charge in [-0.15, -0.1) is 0 Å².